The van der Waals surface area contributed by atoms with Crippen LogP contribution >= 0.6 is 15.9 Å². The number of anilines is 1. The van der Waals surface area contributed by atoms with E-state index in [4.69, 9.17) is 0 Å². The van der Waals surface area contributed by atoms with Crippen molar-refractivity contribution in [1.29, 1.82) is 0 Å². The summed E-state index contributed by atoms with van der Waals surface area (Å²) in [6.07, 6.45) is 0. The van der Waals surface area contributed by atoms with E-state index in [2.05, 4.69) is 31.3 Å². The van der Waals surface area contributed by atoms with E-state index in [1.165, 1.54) is 0 Å². The van der Waals surface area contributed by atoms with Gasteiger partial charge in [0.1, 0.15) is 6.04 Å². The number of benzene rings is 1. The van der Waals surface area contributed by atoms with Gasteiger partial charge in [0.05, 0.1) is 26.9 Å². The minimum absolute atomic E-state index is 0.151. The lowest BCUT2D eigenvalue weighted by Gasteiger charge is -2.14. The van der Waals surface area contributed by atoms with E-state index in [-0.39, 0.29) is 5.91 Å². The molecule has 23 heavy (non-hydrogen) atoms. The Hall–Kier alpha value is -2.15. The molecule has 7 heteroatoms. The molecule has 0 spiro atoms. The van der Waals surface area contributed by atoms with Gasteiger partial charge < -0.3 is 4.57 Å². The summed E-state index contributed by atoms with van der Waals surface area (Å²) in [5.74, 6) is 0.380. The number of hydrogen-bond acceptors (Lipinski definition) is 3. The molecule has 2 aromatic heterocycles. The molecule has 0 bridgehead atoms. The number of halogens is 1. The number of aryl methyl sites for hydroxylation is 2. The van der Waals surface area contributed by atoms with Gasteiger partial charge in [0, 0.05) is 7.05 Å². The van der Waals surface area contributed by atoms with Crippen LogP contribution in [0.1, 0.15) is 24.4 Å². The number of aromatic nitrogens is 4. The first kappa shape index (κ1) is 15.7. The zero-order valence-corrected chi connectivity index (χ0v) is 15.0. The summed E-state index contributed by atoms with van der Waals surface area (Å²) < 4.78 is 4.52. The van der Waals surface area contributed by atoms with Crippen LogP contribution in [0.5, 0.6) is 0 Å². The van der Waals surface area contributed by atoms with Crippen LogP contribution in [0.4, 0.5) is 5.95 Å². The summed E-state index contributed by atoms with van der Waals surface area (Å²) in [5, 5.41) is 7.31. The van der Waals surface area contributed by atoms with Gasteiger partial charge in [0.25, 0.3) is 5.91 Å². The third-order valence-electron chi connectivity index (χ3n) is 4.01. The maximum absolute atomic E-state index is 12.6. The molecular formula is C16H18BrN5O. The van der Waals surface area contributed by atoms with Gasteiger partial charge in [-0.3, -0.25) is 14.8 Å². The Kier molecular flexibility index (Phi) is 3.97. The maximum atomic E-state index is 12.6. The molecule has 0 aliphatic heterocycles. The average Bonchev–Trinajstić information content (AvgIpc) is 2.99. The van der Waals surface area contributed by atoms with Crippen molar-refractivity contribution in [1.82, 2.24) is 19.3 Å². The van der Waals surface area contributed by atoms with E-state index < -0.39 is 6.04 Å². The number of nitrogens with one attached hydrogen (secondary N) is 1. The number of carbonyl (C=O) groups excluding carboxylic acids is 1. The molecule has 1 amide bonds. The fourth-order valence-electron chi connectivity index (χ4n) is 2.60. The van der Waals surface area contributed by atoms with Crippen molar-refractivity contribution in [2.45, 2.75) is 26.8 Å². The number of amides is 1. The lowest BCUT2D eigenvalue weighted by Crippen LogP contribution is -2.26. The van der Waals surface area contributed by atoms with Crippen LogP contribution in [0.15, 0.2) is 28.7 Å². The quantitative estimate of drug-likeness (QED) is 0.763. The zero-order chi connectivity index (χ0) is 16.7. The number of carbonyl (C=O) groups is 1. The fraction of sp³-hybridized carbons (Fsp3) is 0.312. The Morgan fingerprint density at radius 1 is 1.30 bits per heavy atom. The molecule has 3 aromatic rings. The SMILES string of the molecule is Cc1nn(C(C)C(=O)Nc2nc3ccccc3n2C)c(C)c1Br. The molecule has 2 heterocycles. The van der Waals surface area contributed by atoms with Crippen molar-refractivity contribution in [3.63, 3.8) is 0 Å². The first-order valence-corrected chi connectivity index (χ1v) is 8.13. The van der Waals surface area contributed by atoms with Gasteiger partial charge in [0.2, 0.25) is 5.95 Å². The lowest BCUT2D eigenvalue weighted by atomic mass is 10.3. The van der Waals surface area contributed by atoms with E-state index in [1.807, 2.05) is 56.7 Å². The van der Waals surface area contributed by atoms with Crippen molar-refractivity contribution in [2.75, 3.05) is 5.32 Å². The lowest BCUT2D eigenvalue weighted by molar-refractivity contribution is -0.119. The molecule has 6 nitrogen and oxygen atoms in total. The van der Waals surface area contributed by atoms with Crippen LogP contribution in [-0.4, -0.2) is 25.2 Å². The third kappa shape index (κ3) is 2.65. The van der Waals surface area contributed by atoms with Gasteiger partial charge >= 0.3 is 0 Å². The van der Waals surface area contributed by atoms with Crippen molar-refractivity contribution in [3.05, 3.63) is 40.1 Å². The van der Waals surface area contributed by atoms with Crippen LogP contribution < -0.4 is 5.32 Å². The fourth-order valence-corrected chi connectivity index (χ4v) is 2.86. The Bertz CT molecular complexity index is 895. The monoisotopic (exact) mass is 375 g/mol. The predicted octanol–water partition coefficient (Wildman–Crippen LogP) is 3.35. The summed E-state index contributed by atoms with van der Waals surface area (Å²) in [6.45, 7) is 5.66. The average molecular weight is 376 g/mol. The van der Waals surface area contributed by atoms with Crippen LogP contribution in [0, 0.1) is 13.8 Å². The van der Waals surface area contributed by atoms with Gasteiger partial charge in [-0.05, 0) is 48.8 Å². The molecule has 3 rings (SSSR count). The number of hydrogen-bond donors (Lipinski definition) is 1. The summed E-state index contributed by atoms with van der Waals surface area (Å²) in [6, 6.07) is 7.34. The third-order valence-corrected chi connectivity index (χ3v) is 5.15. The Morgan fingerprint density at radius 3 is 2.61 bits per heavy atom. The molecule has 0 radical (unpaired) electrons. The Balaban J connectivity index is 1.88. The van der Waals surface area contributed by atoms with Crippen LogP contribution in [0.2, 0.25) is 0 Å². The van der Waals surface area contributed by atoms with Crippen molar-refractivity contribution < 1.29 is 4.79 Å². The summed E-state index contributed by atoms with van der Waals surface area (Å²) in [7, 11) is 1.88. The van der Waals surface area contributed by atoms with E-state index in [0.29, 0.717) is 5.95 Å². The highest BCUT2D eigenvalue weighted by Gasteiger charge is 2.22. The number of para-hydroxylation sites is 2. The molecule has 1 aromatic carbocycles. The highest BCUT2D eigenvalue weighted by molar-refractivity contribution is 9.10. The van der Waals surface area contributed by atoms with Crippen LogP contribution in [0.25, 0.3) is 11.0 Å². The normalized spacial score (nSPS) is 12.6. The number of imidazole rings is 1. The minimum atomic E-state index is -0.431. The van der Waals surface area contributed by atoms with Gasteiger partial charge in [0.15, 0.2) is 0 Å². The van der Waals surface area contributed by atoms with E-state index >= 15 is 0 Å². The number of rotatable bonds is 3. The summed E-state index contributed by atoms with van der Waals surface area (Å²) >= 11 is 3.49. The second-order valence-corrected chi connectivity index (χ2v) is 6.37. The molecule has 0 aliphatic carbocycles. The van der Waals surface area contributed by atoms with Gasteiger partial charge in [-0.25, -0.2) is 4.98 Å². The second kappa shape index (κ2) is 5.81. The number of fused-ring (bicyclic) bond motifs is 1. The van der Waals surface area contributed by atoms with Crippen molar-refractivity contribution in [2.24, 2.45) is 7.05 Å². The molecule has 0 fully saturated rings. The topological polar surface area (TPSA) is 64.7 Å². The first-order chi connectivity index (χ1) is 10.9. The highest BCUT2D eigenvalue weighted by atomic mass is 79.9. The van der Waals surface area contributed by atoms with E-state index in [1.54, 1.807) is 4.68 Å². The van der Waals surface area contributed by atoms with E-state index in [9.17, 15) is 4.79 Å². The van der Waals surface area contributed by atoms with Gasteiger partial charge in [-0.1, -0.05) is 12.1 Å². The molecule has 0 aliphatic rings. The Morgan fingerprint density at radius 2 is 2.00 bits per heavy atom. The zero-order valence-electron chi connectivity index (χ0n) is 13.5. The van der Waals surface area contributed by atoms with Crippen LogP contribution in [-0.2, 0) is 11.8 Å². The van der Waals surface area contributed by atoms with Gasteiger partial charge in [-0.15, -0.1) is 0 Å². The molecule has 1 unspecified atom stereocenters. The highest BCUT2D eigenvalue weighted by Crippen LogP contribution is 2.24. The van der Waals surface area contributed by atoms with Gasteiger partial charge in [-0.2, -0.15) is 5.10 Å². The van der Waals surface area contributed by atoms with E-state index in [0.717, 1.165) is 26.9 Å². The molecule has 1 N–H and O–H groups in total. The predicted molar refractivity (Wildman–Crippen MR) is 93.5 cm³/mol. The minimum Gasteiger partial charge on any atom is -0.313 e. The van der Waals surface area contributed by atoms with Crippen LogP contribution in [0.3, 0.4) is 0 Å². The molecule has 0 saturated heterocycles. The summed E-state index contributed by atoms with van der Waals surface area (Å²) in [5.41, 5.74) is 3.62. The smallest absolute Gasteiger partial charge is 0.251 e. The second-order valence-electron chi connectivity index (χ2n) is 5.58. The maximum Gasteiger partial charge on any atom is 0.251 e. The molecule has 120 valence electrons. The van der Waals surface area contributed by atoms with Crippen molar-refractivity contribution >= 4 is 38.8 Å². The number of nitrogens with zero attached hydrogens (tertiary/aromatic N) is 4. The molecular weight excluding hydrogens is 358 g/mol. The van der Waals surface area contributed by atoms with Crippen molar-refractivity contribution in [3.8, 4) is 0 Å². The molecule has 0 saturated carbocycles. The summed E-state index contributed by atoms with van der Waals surface area (Å²) in [4.78, 5) is 17.0. The largest absolute Gasteiger partial charge is 0.313 e. The first-order valence-electron chi connectivity index (χ1n) is 7.33. The Labute approximate surface area is 142 Å². The molecule has 1 atom stereocenters. The standard InChI is InChI=1S/C16H18BrN5O/c1-9-14(17)10(2)22(20-9)11(3)15(23)19-16-18-12-7-5-6-8-13(12)21(16)4/h5-8,11H,1-4H3,(H,18,19,23).